The minimum absolute atomic E-state index is 0.0138. The lowest BCUT2D eigenvalue weighted by molar-refractivity contribution is 0.0208. The third kappa shape index (κ3) is 5.99. The zero-order valence-corrected chi connectivity index (χ0v) is 12.3. The van der Waals surface area contributed by atoms with Crippen LogP contribution in [0.15, 0.2) is 24.3 Å². The summed E-state index contributed by atoms with van der Waals surface area (Å²) in [6, 6.07) is 7.73. The van der Waals surface area contributed by atoms with Gasteiger partial charge in [-0.15, -0.1) is 0 Å². The first-order valence-corrected chi connectivity index (χ1v) is 6.83. The number of Topliss-reactive ketones (excluding diaryl/α,β-unsaturated/α-hetero) is 1. The van der Waals surface area contributed by atoms with Crippen molar-refractivity contribution in [3.05, 3.63) is 35.4 Å². The summed E-state index contributed by atoms with van der Waals surface area (Å²) in [6.45, 7) is 9.31. The number of rotatable bonds is 8. The Bertz CT molecular complexity index is 379. The summed E-state index contributed by atoms with van der Waals surface area (Å²) in [5.74, 6) is 0.494. The fourth-order valence-corrected chi connectivity index (χ4v) is 1.64. The van der Waals surface area contributed by atoms with E-state index in [0.29, 0.717) is 24.7 Å². The zero-order valence-electron chi connectivity index (χ0n) is 12.3. The van der Waals surface area contributed by atoms with Crippen molar-refractivity contribution in [1.29, 1.82) is 0 Å². The molecule has 19 heavy (non-hydrogen) atoms. The van der Waals surface area contributed by atoms with E-state index in [-0.39, 0.29) is 18.5 Å². The molecule has 1 rings (SSSR count). The van der Waals surface area contributed by atoms with Gasteiger partial charge in [0.1, 0.15) is 6.61 Å². The Morgan fingerprint density at radius 1 is 1.05 bits per heavy atom. The molecule has 0 aliphatic carbocycles. The molecule has 1 aromatic carbocycles. The quantitative estimate of drug-likeness (QED) is 0.533. The first-order valence-electron chi connectivity index (χ1n) is 6.83. The molecule has 3 heteroatoms. The van der Waals surface area contributed by atoms with Crippen molar-refractivity contribution in [3.8, 4) is 0 Å². The third-order valence-electron chi connectivity index (χ3n) is 2.81. The molecule has 0 N–H and O–H groups in total. The van der Waals surface area contributed by atoms with Crippen LogP contribution in [0.4, 0.5) is 0 Å². The second-order valence-corrected chi connectivity index (χ2v) is 5.17. The van der Waals surface area contributed by atoms with Crippen molar-refractivity contribution in [2.45, 2.75) is 39.7 Å². The number of benzene rings is 1. The summed E-state index contributed by atoms with van der Waals surface area (Å²) >= 11 is 0. The molecule has 3 nitrogen and oxygen atoms in total. The highest BCUT2D eigenvalue weighted by Crippen LogP contribution is 2.14. The Morgan fingerprint density at radius 2 is 1.68 bits per heavy atom. The maximum absolute atomic E-state index is 11.9. The Kier molecular flexibility index (Phi) is 6.74. The van der Waals surface area contributed by atoms with Gasteiger partial charge in [0.15, 0.2) is 5.78 Å². The number of ether oxygens (including phenoxy) is 2. The van der Waals surface area contributed by atoms with Gasteiger partial charge >= 0.3 is 0 Å². The largest absolute Gasteiger partial charge is 0.376 e. The lowest BCUT2D eigenvalue weighted by atomic mass is 10.0. The highest BCUT2D eigenvalue weighted by atomic mass is 16.5. The van der Waals surface area contributed by atoms with E-state index in [0.717, 1.165) is 0 Å². The van der Waals surface area contributed by atoms with Crippen LogP contribution in [0.5, 0.6) is 0 Å². The molecular formula is C16H24O3. The fraction of sp³-hybridized carbons (Fsp3) is 0.562. The summed E-state index contributed by atoms with van der Waals surface area (Å²) in [5, 5.41) is 0. The van der Waals surface area contributed by atoms with E-state index >= 15 is 0 Å². The van der Waals surface area contributed by atoms with Crippen LogP contribution in [0.3, 0.4) is 0 Å². The summed E-state index contributed by atoms with van der Waals surface area (Å²) in [4.78, 5) is 11.9. The minimum atomic E-state index is 0.0138. The molecule has 0 aliphatic rings. The van der Waals surface area contributed by atoms with Crippen LogP contribution in [0.1, 0.15) is 49.5 Å². The molecule has 0 aromatic heterocycles. The first kappa shape index (κ1) is 15.9. The van der Waals surface area contributed by atoms with Gasteiger partial charge in [-0.2, -0.15) is 0 Å². The lowest BCUT2D eigenvalue weighted by Gasteiger charge is -2.08. The van der Waals surface area contributed by atoms with Gasteiger partial charge in [0.25, 0.3) is 0 Å². The van der Waals surface area contributed by atoms with Crippen LogP contribution in [0.2, 0.25) is 0 Å². The van der Waals surface area contributed by atoms with Gasteiger partial charge in [0.05, 0.1) is 19.3 Å². The molecular weight excluding hydrogens is 240 g/mol. The highest BCUT2D eigenvalue weighted by molar-refractivity contribution is 5.97. The normalized spacial score (nSPS) is 11.3. The van der Waals surface area contributed by atoms with Crippen molar-refractivity contribution in [3.63, 3.8) is 0 Å². The fourth-order valence-electron chi connectivity index (χ4n) is 1.64. The Labute approximate surface area is 115 Å². The van der Waals surface area contributed by atoms with Crippen molar-refractivity contribution in [1.82, 2.24) is 0 Å². The predicted molar refractivity (Wildman–Crippen MR) is 76.8 cm³/mol. The topological polar surface area (TPSA) is 35.5 Å². The molecule has 106 valence electrons. The second kappa shape index (κ2) is 8.08. The van der Waals surface area contributed by atoms with Gasteiger partial charge in [-0.3, -0.25) is 4.79 Å². The molecule has 0 amide bonds. The van der Waals surface area contributed by atoms with E-state index in [1.54, 1.807) is 0 Å². The van der Waals surface area contributed by atoms with Gasteiger partial charge in [-0.25, -0.2) is 0 Å². The van der Waals surface area contributed by atoms with Crippen molar-refractivity contribution in [2.24, 2.45) is 0 Å². The summed E-state index contributed by atoms with van der Waals surface area (Å²) in [7, 11) is 0. The van der Waals surface area contributed by atoms with E-state index < -0.39 is 0 Å². The van der Waals surface area contributed by atoms with Crippen LogP contribution in [0.25, 0.3) is 0 Å². The molecule has 0 atom stereocenters. The van der Waals surface area contributed by atoms with Gasteiger partial charge < -0.3 is 9.47 Å². The molecule has 0 saturated heterocycles. The third-order valence-corrected chi connectivity index (χ3v) is 2.81. The molecule has 0 spiro atoms. The van der Waals surface area contributed by atoms with Crippen LogP contribution in [-0.4, -0.2) is 31.7 Å². The maximum atomic E-state index is 11.9. The SMILES string of the molecule is CC(C)OCCOCC(=O)c1ccc(C(C)C)cc1. The number of ketones is 1. The smallest absolute Gasteiger partial charge is 0.188 e. The Hall–Kier alpha value is -1.19. The van der Waals surface area contributed by atoms with Gasteiger partial charge in [0, 0.05) is 5.56 Å². The molecule has 0 unspecified atom stereocenters. The number of hydrogen-bond donors (Lipinski definition) is 0. The van der Waals surface area contributed by atoms with Gasteiger partial charge in [-0.05, 0) is 25.3 Å². The van der Waals surface area contributed by atoms with Crippen molar-refractivity contribution in [2.75, 3.05) is 19.8 Å². The van der Waals surface area contributed by atoms with Crippen LogP contribution >= 0.6 is 0 Å². The first-order chi connectivity index (χ1) is 9.00. The average molecular weight is 264 g/mol. The lowest BCUT2D eigenvalue weighted by Crippen LogP contribution is -2.14. The summed E-state index contributed by atoms with van der Waals surface area (Å²) in [6.07, 6.45) is 0.197. The van der Waals surface area contributed by atoms with E-state index in [9.17, 15) is 4.79 Å². The average Bonchev–Trinajstić information content (AvgIpc) is 2.37. The standard InChI is InChI=1S/C16H24O3/c1-12(2)14-5-7-15(8-6-14)16(17)11-18-9-10-19-13(3)4/h5-8,12-13H,9-11H2,1-4H3. The molecule has 0 fully saturated rings. The maximum Gasteiger partial charge on any atom is 0.188 e. The van der Waals surface area contributed by atoms with E-state index in [1.807, 2.05) is 38.1 Å². The monoisotopic (exact) mass is 264 g/mol. The van der Waals surface area contributed by atoms with Gasteiger partial charge in [-0.1, -0.05) is 38.1 Å². The Balaban J connectivity index is 2.33. The zero-order chi connectivity index (χ0) is 14.3. The van der Waals surface area contributed by atoms with Crippen LogP contribution in [0, 0.1) is 0 Å². The van der Waals surface area contributed by atoms with Crippen LogP contribution < -0.4 is 0 Å². The van der Waals surface area contributed by atoms with E-state index in [2.05, 4.69) is 13.8 Å². The molecule has 0 heterocycles. The summed E-state index contributed by atoms with van der Waals surface area (Å²) in [5.41, 5.74) is 1.94. The van der Waals surface area contributed by atoms with Crippen LogP contribution in [-0.2, 0) is 9.47 Å². The Morgan fingerprint density at radius 3 is 2.21 bits per heavy atom. The number of carbonyl (C=O) groups is 1. The highest BCUT2D eigenvalue weighted by Gasteiger charge is 2.07. The minimum Gasteiger partial charge on any atom is -0.376 e. The van der Waals surface area contributed by atoms with Crippen molar-refractivity contribution < 1.29 is 14.3 Å². The number of carbonyl (C=O) groups excluding carboxylic acids is 1. The molecule has 0 bridgehead atoms. The molecule has 0 saturated carbocycles. The molecule has 0 radical (unpaired) electrons. The van der Waals surface area contributed by atoms with Gasteiger partial charge in [0.2, 0.25) is 0 Å². The molecule has 0 aliphatic heterocycles. The summed E-state index contributed by atoms with van der Waals surface area (Å²) < 4.78 is 10.6. The molecule has 1 aromatic rings. The van der Waals surface area contributed by atoms with Crippen molar-refractivity contribution >= 4 is 5.78 Å². The van der Waals surface area contributed by atoms with E-state index in [1.165, 1.54) is 5.56 Å². The van der Waals surface area contributed by atoms with E-state index in [4.69, 9.17) is 9.47 Å². The second-order valence-electron chi connectivity index (χ2n) is 5.17. The number of hydrogen-bond acceptors (Lipinski definition) is 3. The predicted octanol–water partition coefficient (Wildman–Crippen LogP) is 3.43.